The highest BCUT2D eigenvalue weighted by Gasteiger charge is 2.17. The first-order valence-corrected chi connectivity index (χ1v) is 11.7. The summed E-state index contributed by atoms with van der Waals surface area (Å²) in [5.41, 5.74) is 1.75. The summed E-state index contributed by atoms with van der Waals surface area (Å²) >= 11 is 2.19. The van der Waals surface area contributed by atoms with Gasteiger partial charge in [0.05, 0.1) is 34.4 Å². The molecule has 7 nitrogen and oxygen atoms in total. The number of para-hydroxylation sites is 2. The van der Waals surface area contributed by atoms with Crippen LogP contribution >= 0.6 is 22.6 Å². The Labute approximate surface area is 208 Å². The highest BCUT2D eigenvalue weighted by molar-refractivity contribution is 14.1. The van der Waals surface area contributed by atoms with E-state index in [2.05, 4.69) is 27.7 Å². The Balaban J connectivity index is 1.69. The van der Waals surface area contributed by atoms with Crippen LogP contribution in [0.15, 0.2) is 81.0 Å². The number of halogens is 1. The third-order valence-electron chi connectivity index (χ3n) is 5.26. The first-order valence-electron chi connectivity index (χ1n) is 10.6. The van der Waals surface area contributed by atoms with E-state index < -0.39 is 0 Å². The second-order valence-corrected chi connectivity index (χ2v) is 8.59. The van der Waals surface area contributed by atoms with Crippen molar-refractivity contribution in [1.82, 2.24) is 9.66 Å². The highest BCUT2D eigenvalue weighted by Crippen LogP contribution is 2.33. The van der Waals surface area contributed by atoms with Gasteiger partial charge in [0, 0.05) is 5.39 Å². The van der Waals surface area contributed by atoms with Gasteiger partial charge in [-0.3, -0.25) is 4.79 Å². The van der Waals surface area contributed by atoms with E-state index in [1.165, 1.54) is 4.68 Å². The maximum Gasteiger partial charge on any atom is 0.282 e. The van der Waals surface area contributed by atoms with Crippen molar-refractivity contribution in [2.75, 3.05) is 13.7 Å². The smallest absolute Gasteiger partial charge is 0.282 e. The second kappa shape index (κ2) is 9.30. The molecule has 0 saturated carbocycles. The Morgan fingerprint density at radius 2 is 1.91 bits per heavy atom. The number of hydrogen-bond acceptors (Lipinski definition) is 6. The molecule has 2 aromatic heterocycles. The quantitative estimate of drug-likeness (QED) is 0.195. The van der Waals surface area contributed by atoms with Crippen LogP contribution in [0.25, 0.3) is 33.5 Å². The fraction of sp³-hybridized carbons (Fsp3) is 0.115. The molecule has 0 radical (unpaired) electrons. The molecular formula is C26H20IN3O4. The molecule has 0 aliphatic carbocycles. The molecule has 0 amide bonds. The van der Waals surface area contributed by atoms with Gasteiger partial charge in [0.25, 0.3) is 5.56 Å². The Morgan fingerprint density at radius 1 is 1.12 bits per heavy atom. The van der Waals surface area contributed by atoms with Gasteiger partial charge >= 0.3 is 0 Å². The van der Waals surface area contributed by atoms with Gasteiger partial charge < -0.3 is 13.9 Å². The topological polar surface area (TPSA) is 78.9 Å². The van der Waals surface area contributed by atoms with Crippen LogP contribution in [0, 0.1) is 3.57 Å². The molecule has 0 spiro atoms. The summed E-state index contributed by atoms with van der Waals surface area (Å²) in [5.74, 6) is 2.05. The molecule has 0 fully saturated rings. The van der Waals surface area contributed by atoms with Crippen molar-refractivity contribution in [3.63, 3.8) is 0 Å². The van der Waals surface area contributed by atoms with E-state index in [1.807, 2.05) is 55.5 Å². The van der Waals surface area contributed by atoms with Crippen LogP contribution in [-0.4, -0.2) is 29.6 Å². The predicted molar refractivity (Wildman–Crippen MR) is 141 cm³/mol. The first-order chi connectivity index (χ1) is 16.6. The molecule has 0 aliphatic heterocycles. The Morgan fingerprint density at radius 3 is 2.71 bits per heavy atom. The number of methoxy groups -OCH3 is 1. The molecular weight excluding hydrogens is 545 g/mol. The number of ether oxygens (including phenoxy) is 2. The summed E-state index contributed by atoms with van der Waals surface area (Å²) in [7, 11) is 1.60. The Kier molecular flexibility index (Phi) is 6.06. The largest absolute Gasteiger partial charge is 0.492 e. The Hall–Kier alpha value is -3.66. The zero-order valence-electron chi connectivity index (χ0n) is 18.5. The van der Waals surface area contributed by atoms with Gasteiger partial charge in [-0.2, -0.15) is 9.78 Å². The van der Waals surface area contributed by atoms with Crippen molar-refractivity contribution in [1.29, 1.82) is 0 Å². The standard InChI is InChI=1S/C26H20IN3O4/c1-3-33-22-13-16(12-19(27)24(22)32-2)15-28-30-25(23-14-17-8-4-7-11-21(17)34-23)29-20-10-6-5-9-18(20)26(30)31/h4-15H,3H2,1-2H3. The summed E-state index contributed by atoms with van der Waals surface area (Å²) in [6, 6.07) is 20.4. The fourth-order valence-corrected chi connectivity index (χ4v) is 4.58. The molecule has 3 aromatic carbocycles. The molecule has 5 aromatic rings. The van der Waals surface area contributed by atoms with Crippen LogP contribution in [0.5, 0.6) is 11.5 Å². The normalized spacial score (nSPS) is 11.5. The monoisotopic (exact) mass is 565 g/mol. The van der Waals surface area contributed by atoms with Crippen LogP contribution in [-0.2, 0) is 0 Å². The lowest BCUT2D eigenvalue weighted by atomic mass is 10.2. The second-order valence-electron chi connectivity index (χ2n) is 7.43. The number of rotatable bonds is 6. The average Bonchev–Trinajstić information content (AvgIpc) is 3.28. The van der Waals surface area contributed by atoms with Gasteiger partial charge in [0.15, 0.2) is 17.3 Å². The van der Waals surface area contributed by atoms with Crippen LogP contribution in [0.1, 0.15) is 12.5 Å². The fourth-order valence-electron chi connectivity index (χ4n) is 3.73. The van der Waals surface area contributed by atoms with E-state index >= 15 is 0 Å². The number of hydrogen-bond donors (Lipinski definition) is 0. The lowest BCUT2D eigenvalue weighted by molar-refractivity contribution is 0.309. The molecule has 34 heavy (non-hydrogen) atoms. The minimum Gasteiger partial charge on any atom is -0.492 e. The van der Waals surface area contributed by atoms with E-state index in [0.29, 0.717) is 46.2 Å². The van der Waals surface area contributed by atoms with Gasteiger partial charge in [-0.1, -0.05) is 30.3 Å². The summed E-state index contributed by atoms with van der Waals surface area (Å²) in [6.45, 7) is 2.41. The Bertz CT molecular complexity index is 1570. The van der Waals surface area contributed by atoms with E-state index in [-0.39, 0.29) is 5.56 Å². The molecule has 0 saturated heterocycles. The third kappa shape index (κ3) is 4.05. The maximum atomic E-state index is 13.4. The number of aromatic nitrogens is 2. The van der Waals surface area contributed by atoms with Crippen LogP contribution in [0.2, 0.25) is 0 Å². The lowest BCUT2D eigenvalue weighted by Gasteiger charge is -2.12. The molecule has 170 valence electrons. The first kappa shape index (κ1) is 22.1. The lowest BCUT2D eigenvalue weighted by Crippen LogP contribution is -2.20. The van der Waals surface area contributed by atoms with E-state index in [9.17, 15) is 4.79 Å². The number of nitrogens with zero attached hydrogens (tertiary/aromatic N) is 3. The van der Waals surface area contributed by atoms with Crippen LogP contribution in [0.3, 0.4) is 0 Å². The maximum absolute atomic E-state index is 13.4. The van der Waals surface area contributed by atoms with E-state index in [0.717, 1.165) is 14.5 Å². The summed E-state index contributed by atoms with van der Waals surface area (Å²) < 4.78 is 19.3. The number of furan rings is 1. The minimum atomic E-state index is -0.287. The summed E-state index contributed by atoms with van der Waals surface area (Å²) in [4.78, 5) is 18.1. The van der Waals surface area contributed by atoms with Crippen molar-refractivity contribution in [2.24, 2.45) is 5.10 Å². The van der Waals surface area contributed by atoms with E-state index in [1.54, 1.807) is 31.5 Å². The molecule has 0 unspecified atom stereocenters. The van der Waals surface area contributed by atoms with Crippen molar-refractivity contribution < 1.29 is 13.9 Å². The zero-order chi connectivity index (χ0) is 23.7. The molecule has 5 rings (SSSR count). The van der Waals surface area contributed by atoms with Crippen molar-refractivity contribution >= 4 is 50.7 Å². The molecule has 2 heterocycles. The van der Waals surface area contributed by atoms with Gasteiger partial charge in [0.2, 0.25) is 5.82 Å². The van der Waals surface area contributed by atoms with Crippen molar-refractivity contribution in [2.45, 2.75) is 6.92 Å². The predicted octanol–water partition coefficient (Wildman–Crippen LogP) is 5.70. The van der Waals surface area contributed by atoms with Crippen LogP contribution in [0.4, 0.5) is 0 Å². The molecule has 8 heteroatoms. The SMILES string of the molecule is CCOc1cc(C=Nn2c(-c3cc4ccccc4o3)nc3ccccc3c2=O)cc(I)c1OC. The van der Waals surface area contributed by atoms with Gasteiger partial charge in [-0.15, -0.1) is 0 Å². The zero-order valence-corrected chi connectivity index (χ0v) is 20.6. The summed E-state index contributed by atoms with van der Waals surface area (Å²) in [6.07, 6.45) is 1.61. The molecule has 0 aliphatic rings. The van der Waals surface area contributed by atoms with Crippen LogP contribution < -0.4 is 15.0 Å². The highest BCUT2D eigenvalue weighted by atomic mass is 127. The van der Waals surface area contributed by atoms with Gasteiger partial charge in [-0.25, -0.2) is 4.98 Å². The molecule has 0 atom stereocenters. The molecule has 0 N–H and O–H groups in total. The summed E-state index contributed by atoms with van der Waals surface area (Å²) in [5, 5.41) is 5.92. The third-order valence-corrected chi connectivity index (χ3v) is 6.06. The van der Waals surface area contributed by atoms with Gasteiger partial charge in [0.1, 0.15) is 5.58 Å². The molecule has 0 bridgehead atoms. The van der Waals surface area contributed by atoms with E-state index in [4.69, 9.17) is 18.9 Å². The average molecular weight is 565 g/mol. The minimum absolute atomic E-state index is 0.287. The van der Waals surface area contributed by atoms with Crippen molar-refractivity contribution in [3.8, 4) is 23.1 Å². The van der Waals surface area contributed by atoms with Crippen molar-refractivity contribution in [3.05, 3.63) is 86.2 Å². The number of benzene rings is 3. The number of fused-ring (bicyclic) bond motifs is 2. The van der Waals surface area contributed by atoms with Gasteiger partial charge in [-0.05, 0) is 71.5 Å².